The number of carbonyl (C=O) groups excluding carboxylic acids is 1. The van der Waals surface area contributed by atoms with Gasteiger partial charge in [-0.1, -0.05) is 0 Å². The van der Waals surface area contributed by atoms with Crippen molar-refractivity contribution < 1.29 is 13.6 Å². The monoisotopic (exact) mass is 243 g/mol. The van der Waals surface area contributed by atoms with E-state index in [2.05, 4.69) is 15.6 Å². The molecule has 6 heteroatoms. The molecule has 0 radical (unpaired) electrons. The first-order valence-corrected chi connectivity index (χ1v) is 5.31. The number of alkyl halides is 2. The Labute approximate surface area is 98.4 Å². The van der Waals surface area contributed by atoms with Gasteiger partial charge in [-0.15, -0.1) is 0 Å². The minimum atomic E-state index is -2.55. The van der Waals surface area contributed by atoms with Crippen LogP contribution >= 0.6 is 0 Å². The highest BCUT2D eigenvalue weighted by Crippen LogP contribution is 2.10. The lowest BCUT2D eigenvalue weighted by Gasteiger charge is -2.08. The summed E-state index contributed by atoms with van der Waals surface area (Å²) in [6.45, 7) is 3.68. The van der Waals surface area contributed by atoms with E-state index in [0.717, 1.165) is 0 Å². The number of aromatic nitrogens is 1. The van der Waals surface area contributed by atoms with Crippen LogP contribution in [0.2, 0.25) is 0 Å². The van der Waals surface area contributed by atoms with Gasteiger partial charge in [-0.25, -0.2) is 13.8 Å². The van der Waals surface area contributed by atoms with E-state index in [4.69, 9.17) is 0 Å². The molecule has 0 aromatic carbocycles. The number of hydrogen-bond donors (Lipinski definition) is 2. The fourth-order valence-corrected chi connectivity index (χ4v) is 1.34. The largest absolute Gasteiger partial charge is 0.370 e. The fourth-order valence-electron chi connectivity index (χ4n) is 1.34. The summed E-state index contributed by atoms with van der Waals surface area (Å²) in [4.78, 5) is 15.7. The number of nitrogens with one attached hydrogen (secondary N) is 2. The Morgan fingerprint density at radius 1 is 1.47 bits per heavy atom. The van der Waals surface area contributed by atoms with Crippen molar-refractivity contribution in [1.29, 1.82) is 0 Å². The smallest absolute Gasteiger partial charge is 0.255 e. The number of aryl methyl sites for hydroxylation is 1. The first-order chi connectivity index (χ1) is 8.02. The van der Waals surface area contributed by atoms with Crippen molar-refractivity contribution in [3.8, 4) is 0 Å². The molecule has 2 N–H and O–H groups in total. The van der Waals surface area contributed by atoms with E-state index in [0.29, 0.717) is 23.6 Å². The maximum Gasteiger partial charge on any atom is 0.255 e. The van der Waals surface area contributed by atoms with Crippen LogP contribution in [0, 0.1) is 6.92 Å². The Hall–Kier alpha value is -1.72. The summed E-state index contributed by atoms with van der Waals surface area (Å²) in [6.07, 6.45) is -2.55. The van der Waals surface area contributed by atoms with Crippen LogP contribution in [0.1, 0.15) is 23.0 Å². The molecular weight excluding hydrogens is 228 g/mol. The van der Waals surface area contributed by atoms with Crippen LogP contribution in [0.4, 0.5) is 14.6 Å². The van der Waals surface area contributed by atoms with Crippen LogP contribution in [-0.4, -0.2) is 30.4 Å². The average molecular weight is 243 g/mol. The van der Waals surface area contributed by atoms with E-state index in [1.165, 1.54) is 6.07 Å². The van der Waals surface area contributed by atoms with Crippen molar-refractivity contribution in [2.24, 2.45) is 0 Å². The molecule has 1 amide bonds. The van der Waals surface area contributed by atoms with Crippen LogP contribution in [0.3, 0.4) is 0 Å². The quantitative estimate of drug-likeness (QED) is 0.829. The molecule has 1 rings (SSSR count). The van der Waals surface area contributed by atoms with E-state index in [9.17, 15) is 13.6 Å². The Kier molecular flexibility index (Phi) is 4.81. The van der Waals surface area contributed by atoms with Gasteiger partial charge in [-0.2, -0.15) is 0 Å². The summed E-state index contributed by atoms with van der Waals surface area (Å²) in [5.74, 6) is 0.0460. The van der Waals surface area contributed by atoms with Crippen molar-refractivity contribution >= 4 is 11.7 Å². The SMILES string of the molecule is CCNc1cc(C(=O)NCC(F)F)cc(C)n1. The van der Waals surface area contributed by atoms with Crippen molar-refractivity contribution in [1.82, 2.24) is 10.3 Å². The molecule has 0 fully saturated rings. The Morgan fingerprint density at radius 2 is 2.18 bits per heavy atom. The minimum absolute atomic E-state index is 0.328. The van der Waals surface area contributed by atoms with Crippen molar-refractivity contribution in [2.45, 2.75) is 20.3 Å². The molecule has 94 valence electrons. The molecule has 4 nitrogen and oxygen atoms in total. The number of carbonyl (C=O) groups is 1. The number of anilines is 1. The van der Waals surface area contributed by atoms with Crippen LogP contribution in [-0.2, 0) is 0 Å². The van der Waals surface area contributed by atoms with Gasteiger partial charge in [0.1, 0.15) is 5.82 Å². The number of rotatable bonds is 5. The van der Waals surface area contributed by atoms with E-state index >= 15 is 0 Å². The summed E-state index contributed by atoms with van der Waals surface area (Å²) >= 11 is 0. The molecule has 0 spiro atoms. The molecule has 0 unspecified atom stereocenters. The van der Waals surface area contributed by atoms with Crippen LogP contribution in [0.25, 0.3) is 0 Å². The summed E-state index contributed by atoms with van der Waals surface area (Å²) in [7, 11) is 0. The highest BCUT2D eigenvalue weighted by atomic mass is 19.3. The summed E-state index contributed by atoms with van der Waals surface area (Å²) < 4.78 is 23.9. The molecule has 0 saturated heterocycles. The predicted molar refractivity (Wildman–Crippen MR) is 61.5 cm³/mol. The van der Waals surface area contributed by atoms with Gasteiger partial charge in [0.05, 0.1) is 6.54 Å². The average Bonchev–Trinajstić information content (AvgIpc) is 2.25. The second-order valence-corrected chi connectivity index (χ2v) is 3.51. The number of amides is 1. The molecule has 1 aromatic heterocycles. The van der Waals surface area contributed by atoms with Gasteiger partial charge >= 0.3 is 0 Å². The number of hydrogen-bond acceptors (Lipinski definition) is 3. The topological polar surface area (TPSA) is 54.0 Å². The first kappa shape index (κ1) is 13.3. The van der Waals surface area contributed by atoms with Gasteiger partial charge in [-0.3, -0.25) is 4.79 Å². The zero-order valence-corrected chi connectivity index (χ0v) is 9.76. The molecule has 1 aromatic rings. The van der Waals surface area contributed by atoms with Gasteiger partial charge in [0.25, 0.3) is 12.3 Å². The third kappa shape index (κ3) is 4.34. The number of pyridine rings is 1. The maximum atomic E-state index is 12.0. The van der Waals surface area contributed by atoms with Crippen molar-refractivity contribution in [3.05, 3.63) is 23.4 Å². The second-order valence-electron chi connectivity index (χ2n) is 3.51. The lowest BCUT2D eigenvalue weighted by Crippen LogP contribution is -2.28. The second kappa shape index (κ2) is 6.12. The molecule has 0 aliphatic carbocycles. The Morgan fingerprint density at radius 3 is 2.76 bits per heavy atom. The van der Waals surface area contributed by atoms with Gasteiger partial charge in [0.2, 0.25) is 0 Å². The van der Waals surface area contributed by atoms with E-state index in [1.807, 2.05) is 6.92 Å². The molecule has 0 atom stereocenters. The van der Waals surface area contributed by atoms with Crippen LogP contribution in [0.5, 0.6) is 0 Å². The number of nitrogens with zero attached hydrogens (tertiary/aromatic N) is 1. The lowest BCUT2D eigenvalue weighted by molar-refractivity contribution is 0.0891. The molecular formula is C11H15F2N3O. The highest BCUT2D eigenvalue weighted by molar-refractivity contribution is 5.95. The van der Waals surface area contributed by atoms with Gasteiger partial charge in [0.15, 0.2) is 0 Å². The summed E-state index contributed by atoms with van der Waals surface area (Å²) in [5, 5.41) is 5.12. The van der Waals surface area contributed by atoms with Gasteiger partial charge in [-0.05, 0) is 26.0 Å². The molecule has 17 heavy (non-hydrogen) atoms. The zero-order valence-electron chi connectivity index (χ0n) is 9.76. The van der Waals surface area contributed by atoms with Crippen LogP contribution < -0.4 is 10.6 Å². The predicted octanol–water partition coefficient (Wildman–Crippen LogP) is 1.82. The Balaban J connectivity index is 2.78. The van der Waals surface area contributed by atoms with Gasteiger partial charge in [0, 0.05) is 17.8 Å². The van der Waals surface area contributed by atoms with Crippen LogP contribution in [0.15, 0.2) is 12.1 Å². The summed E-state index contributed by atoms with van der Waals surface area (Å²) in [5.41, 5.74) is 0.986. The van der Waals surface area contributed by atoms with Crippen molar-refractivity contribution in [3.63, 3.8) is 0 Å². The van der Waals surface area contributed by atoms with Crippen molar-refractivity contribution in [2.75, 3.05) is 18.4 Å². The van der Waals surface area contributed by atoms with Gasteiger partial charge < -0.3 is 10.6 Å². The van der Waals surface area contributed by atoms with E-state index < -0.39 is 18.9 Å². The fraction of sp³-hybridized carbons (Fsp3) is 0.455. The molecule has 1 heterocycles. The molecule has 0 bridgehead atoms. The minimum Gasteiger partial charge on any atom is -0.370 e. The van der Waals surface area contributed by atoms with E-state index in [-0.39, 0.29) is 0 Å². The third-order valence-electron chi connectivity index (χ3n) is 1.99. The highest BCUT2D eigenvalue weighted by Gasteiger charge is 2.10. The maximum absolute atomic E-state index is 12.0. The Bertz CT molecular complexity index is 396. The normalized spacial score (nSPS) is 10.4. The standard InChI is InChI=1S/C11H15F2N3O/c1-3-14-10-5-8(4-7(2)16-10)11(17)15-6-9(12)13/h4-5,9H,3,6H2,1-2H3,(H,14,16)(H,15,17). The first-order valence-electron chi connectivity index (χ1n) is 5.31. The van der Waals surface area contributed by atoms with E-state index in [1.54, 1.807) is 13.0 Å². The summed E-state index contributed by atoms with van der Waals surface area (Å²) in [6, 6.07) is 3.10. The lowest BCUT2D eigenvalue weighted by atomic mass is 10.2. The molecule has 0 saturated carbocycles. The molecule has 0 aliphatic heterocycles. The zero-order chi connectivity index (χ0) is 12.8. The third-order valence-corrected chi connectivity index (χ3v) is 1.99. The number of halogens is 2. The molecule has 0 aliphatic rings.